The maximum atomic E-state index is 11.3. The van der Waals surface area contributed by atoms with E-state index in [2.05, 4.69) is 4.98 Å². The van der Waals surface area contributed by atoms with Gasteiger partial charge in [-0.2, -0.15) is 0 Å². The maximum Gasteiger partial charge on any atom is 0.399 e. The molecule has 2 atom stereocenters. The molecule has 0 saturated heterocycles. The van der Waals surface area contributed by atoms with E-state index in [9.17, 15) is 4.79 Å². The summed E-state index contributed by atoms with van der Waals surface area (Å²) in [5.41, 5.74) is 0.690. The zero-order valence-corrected chi connectivity index (χ0v) is 17.8. The van der Waals surface area contributed by atoms with Gasteiger partial charge < -0.3 is 23.7 Å². The number of para-hydroxylation sites is 1. The minimum Gasteiger partial charge on any atom is -0.493 e. The van der Waals surface area contributed by atoms with Crippen LogP contribution in [0.4, 0.5) is 0 Å². The third kappa shape index (κ3) is 7.22. The summed E-state index contributed by atoms with van der Waals surface area (Å²) >= 11 is 4.80. The van der Waals surface area contributed by atoms with Crippen molar-refractivity contribution in [3.63, 3.8) is 0 Å². The minimum atomic E-state index is -1.51. The molecule has 12 heteroatoms. The number of benzene rings is 1. The predicted octanol–water partition coefficient (Wildman–Crippen LogP) is 2.23. The molecule has 1 aromatic heterocycles. The van der Waals surface area contributed by atoms with Crippen molar-refractivity contribution in [1.82, 2.24) is 9.55 Å². The number of hydrogen-bond donors (Lipinski definition) is 2. The molecule has 3 rings (SSSR count). The van der Waals surface area contributed by atoms with Gasteiger partial charge in [0.15, 0.2) is 18.3 Å². The van der Waals surface area contributed by atoms with E-state index in [0.29, 0.717) is 35.7 Å². The third-order valence-electron chi connectivity index (χ3n) is 3.79. The largest absolute Gasteiger partial charge is 0.493 e. The quantitative estimate of drug-likeness (QED) is 0.293. The average Bonchev–Trinajstić information content (AvgIpc) is 2.73. The first-order valence-corrected chi connectivity index (χ1v) is 10.1. The number of H-pyrrole nitrogens is 1. The molecule has 2 heterocycles. The number of aryl methyl sites for hydroxylation is 1. The highest BCUT2D eigenvalue weighted by molar-refractivity contribution is 7.71. The number of methoxy groups -OCH3 is 2. The van der Waals surface area contributed by atoms with Crippen LogP contribution in [0.3, 0.4) is 0 Å². The minimum absolute atomic E-state index is 0.221. The van der Waals surface area contributed by atoms with Crippen LogP contribution in [0.1, 0.15) is 12.0 Å². The lowest BCUT2D eigenvalue weighted by Crippen LogP contribution is -2.24. The molecular weight excluding hydrogens is 418 g/mol. The number of hydrogen-bond acceptors (Lipinski definition) is 8. The van der Waals surface area contributed by atoms with Gasteiger partial charge >= 0.3 is 14.3 Å². The second-order valence-corrected chi connectivity index (χ2v) is 7.25. The van der Waals surface area contributed by atoms with Gasteiger partial charge in [0.2, 0.25) is 0 Å². The molecular formula is C17H22BN2O7PS. The highest BCUT2D eigenvalue weighted by Gasteiger charge is 2.25. The van der Waals surface area contributed by atoms with E-state index in [-0.39, 0.29) is 11.7 Å². The van der Waals surface area contributed by atoms with Crippen molar-refractivity contribution in [3.8, 4) is 11.5 Å². The number of ether oxygens (including phenoxy) is 2. The Bertz CT molecular complexity index is 880. The number of fused-ring (bicyclic) bond motifs is 1. The number of nitrogens with one attached hydrogen (secondary N) is 1. The first kappa shape index (κ1) is 23.5. The van der Waals surface area contributed by atoms with E-state index in [1.54, 1.807) is 25.4 Å². The van der Waals surface area contributed by atoms with Crippen LogP contribution in [-0.2, 0) is 26.9 Å². The van der Waals surface area contributed by atoms with Crippen molar-refractivity contribution in [2.45, 2.75) is 25.6 Å². The van der Waals surface area contributed by atoms with Gasteiger partial charge in [0.05, 0.1) is 13.7 Å². The lowest BCUT2D eigenvalue weighted by Gasteiger charge is -2.24. The van der Waals surface area contributed by atoms with Crippen LogP contribution in [0.2, 0.25) is 0 Å². The SMILES string of the molecule is COc1cccc2c1OP(OCO)OC2.[B][C@H](CCn1ccc(=S)[nH]c1=O)OC. The zero-order valence-electron chi connectivity index (χ0n) is 16.1. The van der Waals surface area contributed by atoms with Crippen molar-refractivity contribution in [2.24, 2.45) is 0 Å². The van der Waals surface area contributed by atoms with Gasteiger partial charge in [0.1, 0.15) is 12.5 Å². The Morgan fingerprint density at radius 3 is 2.86 bits per heavy atom. The van der Waals surface area contributed by atoms with Crippen LogP contribution >= 0.6 is 20.8 Å². The molecule has 1 aliphatic heterocycles. The Morgan fingerprint density at radius 1 is 1.41 bits per heavy atom. The summed E-state index contributed by atoms with van der Waals surface area (Å²) in [5.74, 6) is 1.27. The summed E-state index contributed by atoms with van der Waals surface area (Å²) < 4.78 is 27.5. The van der Waals surface area contributed by atoms with Gasteiger partial charge in [-0.15, -0.1) is 0 Å². The molecule has 0 fully saturated rings. The molecule has 1 aliphatic rings. The molecule has 0 amide bonds. The van der Waals surface area contributed by atoms with Gasteiger partial charge in [-0.05, 0) is 18.6 Å². The molecule has 1 aromatic carbocycles. The fourth-order valence-electron chi connectivity index (χ4n) is 2.28. The van der Waals surface area contributed by atoms with Crippen LogP contribution in [0.25, 0.3) is 0 Å². The Kier molecular flexibility index (Phi) is 9.79. The molecule has 0 spiro atoms. The highest BCUT2D eigenvalue weighted by Crippen LogP contribution is 2.50. The van der Waals surface area contributed by atoms with Crippen molar-refractivity contribution < 1.29 is 28.2 Å². The Balaban J connectivity index is 0.000000208. The fraction of sp³-hybridized carbons (Fsp3) is 0.412. The lowest BCUT2D eigenvalue weighted by molar-refractivity contribution is 0.0701. The number of aliphatic hydroxyl groups excluding tert-OH is 1. The lowest BCUT2D eigenvalue weighted by atomic mass is 9.97. The Labute approximate surface area is 175 Å². The molecule has 9 nitrogen and oxygen atoms in total. The first-order chi connectivity index (χ1) is 14.0. The summed E-state index contributed by atoms with van der Waals surface area (Å²) in [5, 5.41) is 8.60. The molecule has 29 heavy (non-hydrogen) atoms. The summed E-state index contributed by atoms with van der Waals surface area (Å²) in [7, 11) is 7.13. The van der Waals surface area contributed by atoms with Crippen molar-refractivity contribution in [3.05, 3.63) is 51.2 Å². The summed E-state index contributed by atoms with van der Waals surface area (Å²) in [4.78, 5) is 13.8. The summed E-state index contributed by atoms with van der Waals surface area (Å²) in [6.45, 7) is 0.494. The standard InChI is InChI=1S/C9H11O5P.C8H11BN2O2S/c1-11-8-4-2-3-7-5-12-15(13-6-10)14-9(7)8;1-13-6(9)2-4-11-5-3-7(14)10-8(11)12/h2-4,10H,5-6H2,1H3;3,5-6H,2,4H2,1H3,(H,10,12,14)/t;6-/m.0/s1. The molecule has 0 saturated carbocycles. The molecule has 0 bridgehead atoms. The first-order valence-electron chi connectivity index (χ1n) is 8.57. The van der Waals surface area contributed by atoms with Gasteiger partial charge in [0.25, 0.3) is 0 Å². The monoisotopic (exact) mass is 440 g/mol. The maximum absolute atomic E-state index is 11.3. The Morgan fingerprint density at radius 2 is 2.21 bits per heavy atom. The average molecular weight is 440 g/mol. The van der Waals surface area contributed by atoms with E-state index < -0.39 is 15.4 Å². The number of aromatic nitrogens is 2. The smallest absolute Gasteiger partial charge is 0.399 e. The molecule has 1 unspecified atom stereocenters. The Hall–Kier alpha value is -1.75. The zero-order chi connectivity index (χ0) is 21.2. The van der Waals surface area contributed by atoms with Crippen LogP contribution in [0.5, 0.6) is 11.5 Å². The second-order valence-electron chi connectivity index (χ2n) is 5.66. The second kappa shape index (κ2) is 12.1. The molecule has 2 aromatic rings. The summed E-state index contributed by atoms with van der Waals surface area (Å²) in [6, 6.07) is 6.88. The third-order valence-corrected chi connectivity index (χ3v) is 5.02. The van der Waals surface area contributed by atoms with Crippen LogP contribution in [0.15, 0.2) is 35.3 Å². The molecule has 2 N–H and O–H groups in total. The van der Waals surface area contributed by atoms with Gasteiger partial charge in [-0.3, -0.25) is 14.0 Å². The van der Waals surface area contributed by atoms with E-state index >= 15 is 0 Å². The van der Waals surface area contributed by atoms with E-state index in [0.717, 1.165) is 5.56 Å². The highest BCUT2D eigenvalue weighted by atomic mass is 32.1. The fourth-order valence-corrected chi connectivity index (χ4v) is 3.30. The van der Waals surface area contributed by atoms with Crippen molar-refractivity contribution in [1.29, 1.82) is 0 Å². The molecule has 156 valence electrons. The number of aliphatic hydroxyl groups is 1. The number of aromatic amines is 1. The van der Waals surface area contributed by atoms with E-state index in [1.807, 2.05) is 12.1 Å². The van der Waals surface area contributed by atoms with Gasteiger partial charge in [0, 0.05) is 31.4 Å². The normalized spacial score (nSPS) is 16.0. The van der Waals surface area contributed by atoms with Crippen LogP contribution in [0, 0.1) is 4.64 Å². The summed E-state index contributed by atoms with van der Waals surface area (Å²) in [6.07, 6.45) is 2.23. The number of nitrogens with zero attached hydrogens (tertiary/aromatic N) is 1. The van der Waals surface area contributed by atoms with Gasteiger partial charge in [-0.25, -0.2) is 4.79 Å². The van der Waals surface area contributed by atoms with E-state index in [1.165, 1.54) is 11.7 Å². The van der Waals surface area contributed by atoms with Crippen molar-refractivity contribution >= 4 is 28.7 Å². The predicted molar refractivity (Wildman–Crippen MR) is 111 cm³/mol. The number of rotatable bonds is 7. The van der Waals surface area contributed by atoms with Crippen LogP contribution in [-0.4, -0.2) is 49.5 Å². The van der Waals surface area contributed by atoms with Crippen LogP contribution < -0.4 is 15.0 Å². The molecule has 0 aliphatic carbocycles. The van der Waals surface area contributed by atoms with Gasteiger partial charge in [-0.1, -0.05) is 24.4 Å². The molecule has 2 radical (unpaired) electrons. The van der Waals surface area contributed by atoms with E-state index in [4.69, 9.17) is 48.2 Å². The van der Waals surface area contributed by atoms with Crippen molar-refractivity contribution in [2.75, 3.05) is 21.0 Å². The topological polar surface area (TPSA) is 104 Å².